The van der Waals surface area contributed by atoms with Gasteiger partial charge in [-0.15, -0.1) is 11.8 Å². The number of amides is 3. The Morgan fingerprint density at radius 3 is 2.37 bits per heavy atom. The lowest BCUT2D eigenvalue weighted by molar-refractivity contribution is -0.152. The second-order valence-electron chi connectivity index (χ2n) is 12.6. The van der Waals surface area contributed by atoms with Crippen LogP contribution in [0.5, 0.6) is 0 Å². The van der Waals surface area contributed by atoms with E-state index in [0.717, 1.165) is 33.4 Å². The third kappa shape index (κ3) is 7.07. The van der Waals surface area contributed by atoms with Crippen molar-refractivity contribution in [3.05, 3.63) is 112 Å². The van der Waals surface area contributed by atoms with Crippen LogP contribution in [0.1, 0.15) is 48.1 Å². The first kappa shape index (κ1) is 33.9. The highest BCUT2D eigenvalue weighted by Crippen LogP contribution is 2.49. The number of carbonyl (C=O) groups is 5. The highest BCUT2D eigenvalue weighted by molar-refractivity contribution is 7.99. The molecule has 0 saturated carbocycles. The van der Waals surface area contributed by atoms with Gasteiger partial charge in [-0.2, -0.15) is 0 Å². The summed E-state index contributed by atoms with van der Waals surface area (Å²) < 4.78 is 22.1. The molecular formula is C38H35N3O9S. The quantitative estimate of drug-likeness (QED) is 0.0627. The number of esters is 2. The zero-order chi connectivity index (χ0) is 35.6. The molecule has 3 aromatic carbocycles. The Morgan fingerprint density at radius 2 is 1.69 bits per heavy atom. The number of thioether (sulfide) groups is 1. The molecule has 13 heteroatoms. The van der Waals surface area contributed by atoms with Gasteiger partial charge < -0.3 is 34.9 Å². The summed E-state index contributed by atoms with van der Waals surface area (Å²) in [5.41, 5.74) is 7.25. The van der Waals surface area contributed by atoms with E-state index in [-0.39, 0.29) is 36.0 Å². The molecule has 4 aliphatic rings. The molecule has 0 aromatic heterocycles. The summed E-state index contributed by atoms with van der Waals surface area (Å²) in [5.74, 6) is -1.76. The Balaban J connectivity index is 1.01. The molecule has 7 rings (SSSR count). The molecule has 2 aliphatic heterocycles. The van der Waals surface area contributed by atoms with E-state index in [1.807, 2.05) is 42.5 Å². The Labute approximate surface area is 297 Å². The predicted molar refractivity (Wildman–Crippen MR) is 187 cm³/mol. The van der Waals surface area contributed by atoms with E-state index in [1.54, 1.807) is 19.1 Å². The molecule has 3 N–H and O–H groups in total. The third-order valence-corrected chi connectivity index (χ3v) is 10.2. The van der Waals surface area contributed by atoms with Crippen LogP contribution in [0, 0.1) is 5.92 Å². The van der Waals surface area contributed by atoms with Crippen molar-refractivity contribution < 1.29 is 42.9 Å². The Kier molecular flexibility index (Phi) is 9.54. The lowest BCUT2D eigenvalue weighted by Crippen LogP contribution is -2.46. The third-order valence-electron chi connectivity index (χ3n) is 9.31. The standard InChI is InChI=1S/C38H35N3O9S/c1-20-13-33(49-36(20)44)47-17-31-29-14-22-11-12-23(15-28(22)34(29)50-37(31)45)40-35(43)32(18-51-19-39-21(2)42)41-38(46)48-16-30-26-9-5-3-7-24(26)25-8-4-6-10-27(25)30/h3-13,15,17,29-30,32-34H,14,16,18-19H2,1-2H3,(H,39,42)(H,40,43)(H,41,46)/b31-17+/t29-,32?,33+,34-/m0/s1. The summed E-state index contributed by atoms with van der Waals surface area (Å²) in [4.78, 5) is 62.6. The van der Waals surface area contributed by atoms with Gasteiger partial charge in [-0.25, -0.2) is 14.4 Å². The molecule has 3 aromatic rings. The van der Waals surface area contributed by atoms with E-state index in [9.17, 15) is 24.0 Å². The summed E-state index contributed by atoms with van der Waals surface area (Å²) in [7, 11) is 0. The molecule has 2 heterocycles. The fraction of sp³-hybridized carbons (Fsp3) is 0.289. The van der Waals surface area contributed by atoms with Crippen LogP contribution in [0.15, 0.2) is 90.2 Å². The maximum Gasteiger partial charge on any atom is 0.407 e. The Bertz CT molecular complexity index is 1950. The van der Waals surface area contributed by atoms with Gasteiger partial charge >= 0.3 is 18.0 Å². The summed E-state index contributed by atoms with van der Waals surface area (Å²) in [5, 5.41) is 8.26. The van der Waals surface area contributed by atoms with Crippen LogP contribution >= 0.6 is 11.8 Å². The normalized spacial score (nSPS) is 21.0. The van der Waals surface area contributed by atoms with Crippen LogP contribution in [0.4, 0.5) is 10.5 Å². The summed E-state index contributed by atoms with van der Waals surface area (Å²) >= 11 is 1.27. The number of benzene rings is 3. The monoisotopic (exact) mass is 709 g/mol. The average Bonchev–Trinajstić information content (AvgIpc) is 3.82. The van der Waals surface area contributed by atoms with Crippen LogP contribution in [-0.2, 0) is 44.5 Å². The second-order valence-corrected chi connectivity index (χ2v) is 13.7. The number of anilines is 1. The van der Waals surface area contributed by atoms with E-state index in [0.29, 0.717) is 23.3 Å². The molecule has 1 saturated heterocycles. The van der Waals surface area contributed by atoms with Crippen molar-refractivity contribution in [3.8, 4) is 11.1 Å². The van der Waals surface area contributed by atoms with Crippen LogP contribution < -0.4 is 16.0 Å². The Morgan fingerprint density at radius 1 is 0.961 bits per heavy atom. The largest absolute Gasteiger partial charge is 0.458 e. The molecule has 3 amide bonds. The smallest absolute Gasteiger partial charge is 0.407 e. The number of nitrogens with one attached hydrogen (secondary N) is 3. The van der Waals surface area contributed by atoms with E-state index >= 15 is 0 Å². The van der Waals surface area contributed by atoms with Gasteiger partial charge in [-0.3, -0.25) is 9.59 Å². The average molecular weight is 710 g/mol. The highest BCUT2D eigenvalue weighted by Gasteiger charge is 2.47. The molecule has 262 valence electrons. The molecule has 2 aliphatic carbocycles. The van der Waals surface area contributed by atoms with Crippen LogP contribution in [0.2, 0.25) is 0 Å². The zero-order valence-electron chi connectivity index (χ0n) is 27.8. The van der Waals surface area contributed by atoms with E-state index in [1.165, 1.54) is 31.0 Å². The first-order valence-corrected chi connectivity index (χ1v) is 17.6. The molecule has 0 spiro atoms. The molecular weight excluding hydrogens is 674 g/mol. The van der Waals surface area contributed by atoms with E-state index < -0.39 is 42.4 Å². The first-order valence-electron chi connectivity index (χ1n) is 16.5. The van der Waals surface area contributed by atoms with Gasteiger partial charge in [-0.05, 0) is 58.9 Å². The molecule has 1 unspecified atom stereocenters. The molecule has 0 bridgehead atoms. The number of hydrogen-bond acceptors (Lipinski definition) is 10. The van der Waals surface area contributed by atoms with Crippen LogP contribution in [0.3, 0.4) is 0 Å². The van der Waals surface area contributed by atoms with Gasteiger partial charge in [0.15, 0.2) is 0 Å². The topological polar surface area (TPSA) is 158 Å². The zero-order valence-corrected chi connectivity index (χ0v) is 28.6. The summed E-state index contributed by atoms with van der Waals surface area (Å²) in [6, 6.07) is 20.4. The fourth-order valence-corrected chi connectivity index (χ4v) is 7.70. The van der Waals surface area contributed by atoms with Crippen LogP contribution in [0.25, 0.3) is 11.1 Å². The minimum atomic E-state index is -1.00. The Hall–Kier alpha value is -5.56. The maximum atomic E-state index is 13.6. The maximum absolute atomic E-state index is 13.6. The van der Waals surface area contributed by atoms with Gasteiger partial charge in [0.1, 0.15) is 18.8 Å². The molecule has 51 heavy (non-hydrogen) atoms. The lowest BCUT2D eigenvalue weighted by Gasteiger charge is -2.20. The van der Waals surface area contributed by atoms with E-state index in [4.69, 9.17) is 18.9 Å². The molecule has 1 fully saturated rings. The fourth-order valence-electron chi connectivity index (χ4n) is 6.81. The minimum absolute atomic E-state index is 0.0863. The first-order chi connectivity index (χ1) is 24.7. The lowest BCUT2D eigenvalue weighted by atomic mass is 9.98. The number of alkyl carbamates (subject to hydrolysis) is 1. The van der Waals surface area contributed by atoms with Crippen LogP contribution in [-0.4, -0.2) is 60.4 Å². The van der Waals surface area contributed by atoms with Crippen molar-refractivity contribution in [3.63, 3.8) is 0 Å². The van der Waals surface area contributed by atoms with Gasteiger partial charge in [0.25, 0.3) is 6.29 Å². The number of carbonyl (C=O) groups excluding carboxylic acids is 5. The van der Waals surface area contributed by atoms with Crippen molar-refractivity contribution in [2.45, 2.75) is 44.6 Å². The predicted octanol–water partition coefficient (Wildman–Crippen LogP) is 4.86. The second kappa shape index (κ2) is 14.4. The van der Waals surface area contributed by atoms with Gasteiger partial charge in [0.2, 0.25) is 11.8 Å². The van der Waals surface area contributed by atoms with Crippen molar-refractivity contribution in [1.82, 2.24) is 10.6 Å². The highest BCUT2D eigenvalue weighted by atomic mass is 32.2. The molecule has 12 nitrogen and oxygen atoms in total. The summed E-state index contributed by atoms with van der Waals surface area (Å²) in [6.45, 7) is 3.10. The number of fused-ring (bicyclic) bond motifs is 6. The number of rotatable bonds is 11. The molecule has 4 atom stereocenters. The summed E-state index contributed by atoms with van der Waals surface area (Å²) in [6.07, 6.45) is 1.11. The van der Waals surface area contributed by atoms with E-state index in [2.05, 4.69) is 28.1 Å². The minimum Gasteiger partial charge on any atom is -0.458 e. The number of hydrogen-bond donors (Lipinski definition) is 3. The van der Waals surface area contributed by atoms with Crippen molar-refractivity contribution >= 4 is 47.3 Å². The molecule has 0 radical (unpaired) electrons. The number of ether oxygens (including phenoxy) is 4. The van der Waals surface area contributed by atoms with Gasteiger partial charge in [-0.1, -0.05) is 54.6 Å². The van der Waals surface area contributed by atoms with Crippen molar-refractivity contribution in [2.24, 2.45) is 5.92 Å². The SMILES string of the molecule is CC(=O)NCSCC(NC(=O)OCC1c2ccccc2-c2ccccc21)C(=O)Nc1ccc2c(c1)[C@@H]1OC(=O)/C(=C/O[C@H]3C=C(C)C(=O)O3)[C@@H]1C2. The number of cyclic esters (lactones) is 1. The van der Waals surface area contributed by atoms with Gasteiger partial charge in [0.05, 0.1) is 17.7 Å². The van der Waals surface area contributed by atoms with Crippen molar-refractivity contribution in [2.75, 3.05) is 23.6 Å². The van der Waals surface area contributed by atoms with Crippen molar-refractivity contribution in [1.29, 1.82) is 0 Å². The van der Waals surface area contributed by atoms with Gasteiger partial charge in [0, 0.05) is 41.8 Å².